The Balaban J connectivity index is 1.57. The van der Waals surface area contributed by atoms with Crippen molar-refractivity contribution < 1.29 is 22.7 Å². The van der Waals surface area contributed by atoms with Gasteiger partial charge < -0.3 is 9.84 Å². The summed E-state index contributed by atoms with van der Waals surface area (Å²) in [5.41, 5.74) is 2.70. The molecule has 0 atom stereocenters. The number of anilines is 1. The van der Waals surface area contributed by atoms with E-state index >= 15 is 0 Å². The SMILES string of the molecule is COc1ccc(F)cc1S(=O)(=O)Nc1cc(SC2=C(C)Cc3ccccc3S2)c(O)c2ccccc12. The van der Waals surface area contributed by atoms with Crippen LogP contribution in [0.2, 0.25) is 0 Å². The minimum atomic E-state index is -4.21. The van der Waals surface area contributed by atoms with Gasteiger partial charge in [-0.15, -0.1) is 0 Å². The molecule has 0 aromatic heterocycles. The number of sulfonamides is 1. The van der Waals surface area contributed by atoms with Gasteiger partial charge in [-0.25, -0.2) is 12.8 Å². The van der Waals surface area contributed by atoms with Gasteiger partial charge >= 0.3 is 0 Å². The lowest BCUT2D eigenvalue weighted by Gasteiger charge is -2.21. The van der Waals surface area contributed by atoms with Crippen LogP contribution in [0.15, 0.2) is 97.3 Å². The van der Waals surface area contributed by atoms with Crippen LogP contribution in [-0.2, 0) is 16.4 Å². The van der Waals surface area contributed by atoms with Gasteiger partial charge in [0, 0.05) is 19.9 Å². The van der Waals surface area contributed by atoms with Gasteiger partial charge in [0.2, 0.25) is 0 Å². The Kier molecular flexibility index (Phi) is 6.63. The van der Waals surface area contributed by atoms with E-state index in [-0.39, 0.29) is 22.1 Å². The highest BCUT2D eigenvalue weighted by Crippen LogP contribution is 2.50. The van der Waals surface area contributed by atoms with E-state index in [9.17, 15) is 17.9 Å². The Morgan fingerprint density at radius 2 is 1.75 bits per heavy atom. The van der Waals surface area contributed by atoms with Crippen molar-refractivity contribution in [1.29, 1.82) is 0 Å². The Morgan fingerprint density at radius 3 is 2.53 bits per heavy atom. The van der Waals surface area contributed by atoms with E-state index in [1.165, 1.54) is 36.1 Å². The van der Waals surface area contributed by atoms with Gasteiger partial charge in [0.15, 0.2) is 0 Å². The smallest absolute Gasteiger partial charge is 0.265 e. The number of allylic oxidation sites excluding steroid dienone is 1. The molecule has 0 amide bonds. The predicted octanol–water partition coefficient (Wildman–Crippen LogP) is 7.17. The van der Waals surface area contributed by atoms with Crippen LogP contribution in [0, 0.1) is 5.82 Å². The minimum absolute atomic E-state index is 0.0274. The van der Waals surface area contributed by atoms with Gasteiger partial charge in [0.05, 0.1) is 17.7 Å². The Hall–Kier alpha value is -3.14. The highest BCUT2D eigenvalue weighted by molar-refractivity contribution is 8.22. The summed E-state index contributed by atoms with van der Waals surface area (Å²) in [5.74, 6) is -0.596. The van der Waals surface area contributed by atoms with Gasteiger partial charge in [-0.1, -0.05) is 66.0 Å². The maximum atomic E-state index is 13.9. The highest BCUT2D eigenvalue weighted by atomic mass is 32.2. The number of rotatable bonds is 6. The molecule has 1 heterocycles. The van der Waals surface area contributed by atoms with E-state index in [2.05, 4.69) is 23.8 Å². The number of hydrogen-bond acceptors (Lipinski definition) is 6. The van der Waals surface area contributed by atoms with Crippen molar-refractivity contribution in [2.24, 2.45) is 0 Å². The summed E-state index contributed by atoms with van der Waals surface area (Å²) in [6.07, 6.45) is 0.804. The van der Waals surface area contributed by atoms with Gasteiger partial charge in [0.25, 0.3) is 10.0 Å². The number of benzene rings is 4. The van der Waals surface area contributed by atoms with Crippen molar-refractivity contribution in [1.82, 2.24) is 0 Å². The molecule has 0 radical (unpaired) electrons. The van der Waals surface area contributed by atoms with Crippen LogP contribution < -0.4 is 9.46 Å². The first kappa shape index (κ1) is 24.5. The van der Waals surface area contributed by atoms with E-state index in [4.69, 9.17) is 4.74 Å². The van der Waals surface area contributed by atoms with E-state index in [1.54, 1.807) is 42.1 Å². The number of phenols is 1. The van der Waals surface area contributed by atoms with Crippen molar-refractivity contribution in [2.45, 2.75) is 28.0 Å². The standard InChI is InChI=1S/C27H22FNO4S3/c1-16-13-17-7-3-6-10-23(17)34-27(16)35-24-15-21(19-8-4-5-9-20(19)26(24)30)29-36(31,32)25-14-18(28)11-12-22(25)33-2/h3-12,14-15,29-30H,13H2,1-2H3. The van der Waals surface area contributed by atoms with Crippen molar-refractivity contribution >= 4 is 50.0 Å². The summed E-state index contributed by atoms with van der Waals surface area (Å²) in [4.78, 5) is 1.36. The zero-order chi connectivity index (χ0) is 25.4. The molecule has 4 aromatic carbocycles. The number of fused-ring (bicyclic) bond motifs is 2. The average Bonchev–Trinajstić information content (AvgIpc) is 2.87. The molecule has 5 nitrogen and oxygen atoms in total. The largest absolute Gasteiger partial charge is 0.506 e. The molecule has 0 spiro atoms. The molecule has 1 aliphatic heterocycles. The van der Waals surface area contributed by atoms with Crippen molar-refractivity contribution in [3.8, 4) is 11.5 Å². The normalized spacial score (nSPS) is 13.5. The summed E-state index contributed by atoms with van der Waals surface area (Å²) >= 11 is 3.03. The summed E-state index contributed by atoms with van der Waals surface area (Å²) in [7, 11) is -2.88. The molecular weight excluding hydrogens is 517 g/mol. The second kappa shape index (κ2) is 9.72. The number of halogens is 1. The summed E-state index contributed by atoms with van der Waals surface area (Å²) in [6.45, 7) is 2.06. The van der Waals surface area contributed by atoms with Crippen LogP contribution >= 0.6 is 23.5 Å². The number of ether oxygens (including phenoxy) is 1. The van der Waals surface area contributed by atoms with Crippen LogP contribution in [0.25, 0.3) is 10.8 Å². The van der Waals surface area contributed by atoms with E-state index in [0.717, 1.165) is 27.7 Å². The first-order valence-electron chi connectivity index (χ1n) is 11.0. The Bertz CT molecular complexity index is 1630. The monoisotopic (exact) mass is 539 g/mol. The number of thioether (sulfide) groups is 2. The molecule has 0 unspecified atom stereocenters. The number of hydrogen-bond donors (Lipinski definition) is 2. The van der Waals surface area contributed by atoms with Crippen molar-refractivity contribution in [3.05, 3.63) is 94.0 Å². The predicted molar refractivity (Wildman–Crippen MR) is 144 cm³/mol. The number of phenolic OH excluding ortho intramolecular Hbond substituents is 1. The van der Waals surface area contributed by atoms with Gasteiger partial charge in [-0.2, -0.15) is 0 Å². The quantitative estimate of drug-likeness (QED) is 0.253. The highest BCUT2D eigenvalue weighted by Gasteiger charge is 2.24. The Morgan fingerprint density at radius 1 is 1.03 bits per heavy atom. The van der Waals surface area contributed by atoms with E-state index in [1.807, 2.05) is 12.1 Å². The van der Waals surface area contributed by atoms with Crippen LogP contribution in [0.5, 0.6) is 11.5 Å². The van der Waals surface area contributed by atoms with Crippen molar-refractivity contribution in [2.75, 3.05) is 11.8 Å². The first-order chi connectivity index (χ1) is 17.3. The Labute approximate surface area is 217 Å². The molecule has 0 aliphatic carbocycles. The summed E-state index contributed by atoms with van der Waals surface area (Å²) < 4.78 is 49.3. The van der Waals surface area contributed by atoms with Crippen molar-refractivity contribution in [3.63, 3.8) is 0 Å². The van der Waals surface area contributed by atoms with Crippen LogP contribution in [-0.4, -0.2) is 20.6 Å². The van der Waals surface area contributed by atoms with Gasteiger partial charge in [-0.3, -0.25) is 4.72 Å². The molecule has 5 rings (SSSR count). The van der Waals surface area contributed by atoms with Crippen LogP contribution in [0.3, 0.4) is 0 Å². The lowest BCUT2D eigenvalue weighted by Crippen LogP contribution is -2.15. The fourth-order valence-corrected chi connectivity index (χ4v) is 7.71. The maximum Gasteiger partial charge on any atom is 0.265 e. The molecule has 1 aliphatic rings. The molecule has 0 saturated carbocycles. The lowest BCUT2D eigenvalue weighted by atomic mass is 10.1. The molecule has 0 bridgehead atoms. The summed E-state index contributed by atoms with van der Waals surface area (Å²) in [6, 6.07) is 20.1. The van der Waals surface area contributed by atoms with Gasteiger partial charge in [0.1, 0.15) is 22.2 Å². The van der Waals surface area contributed by atoms with Crippen LogP contribution in [0.4, 0.5) is 10.1 Å². The fraction of sp³-hybridized carbons (Fsp3) is 0.111. The lowest BCUT2D eigenvalue weighted by molar-refractivity contribution is 0.401. The third-order valence-electron chi connectivity index (χ3n) is 5.82. The first-order valence-corrected chi connectivity index (χ1v) is 14.1. The molecule has 184 valence electrons. The molecule has 4 aromatic rings. The number of nitrogens with one attached hydrogen (secondary N) is 1. The number of methoxy groups -OCH3 is 1. The molecule has 0 fully saturated rings. The summed E-state index contributed by atoms with van der Waals surface area (Å²) in [5, 5.41) is 12.1. The molecular formula is C27H22FNO4S3. The molecule has 36 heavy (non-hydrogen) atoms. The average molecular weight is 540 g/mol. The topological polar surface area (TPSA) is 75.6 Å². The third-order valence-corrected chi connectivity index (χ3v) is 9.93. The zero-order valence-electron chi connectivity index (χ0n) is 19.4. The third kappa shape index (κ3) is 4.66. The molecule has 0 saturated heterocycles. The minimum Gasteiger partial charge on any atom is -0.506 e. The molecule has 9 heteroatoms. The number of aromatic hydroxyl groups is 1. The van der Waals surface area contributed by atoms with E-state index in [0.29, 0.717) is 15.7 Å². The van der Waals surface area contributed by atoms with E-state index < -0.39 is 15.8 Å². The fourth-order valence-electron chi connectivity index (χ4n) is 4.06. The second-order valence-corrected chi connectivity index (χ2v) is 12.3. The zero-order valence-corrected chi connectivity index (χ0v) is 21.9. The second-order valence-electron chi connectivity index (χ2n) is 8.27. The molecule has 2 N–H and O–H groups in total. The van der Waals surface area contributed by atoms with Crippen LogP contribution in [0.1, 0.15) is 12.5 Å². The van der Waals surface area contributed by atoms with Gasteiger partial charge in [-0.05, 0) is 54.8 Å². The maximum absolute atomic E-state index is 13.9.